The minimum Gasteiger partial charge on any atom is -0.493 e. The zero-order chi connectivity index (χ0) is 13.8. The van der Waals surface area contributed by atoms with E-state index in [0.29, 0.717) is 0 Å². The molecule has 19 heavy (non-hydrogen) atoms. The fourth-order valence-corrected chi connectivity index (χ4v) is 2.55. The van der Waals surface area contributed by atoms with Crippen molar-refractivity contribution in [2.45, 2.75) is 38.6 Å². The van der Waals surface area contributed by atoms with E-state index in [9.17, 15) is 0 Å². The Kier molecular flexibility index (Phi) is 4.80. The molecule has 0 amide bonds. The van der Waals surface area contributed by atoms with E-state index in [2.05, 4.69) is 37.4 Å². The third-order valence-electron chi connectivity index (χ3n) is 3.60. The average molecular weight is 265 g/mol. The third kappa shape index (κ3) is 3.26. The average Bonchev–Trinajstić information content (AvgIpc) is 2.87. The Hall–Kier alpha value is -1.10. The van der Waals surface area contributed by atoms with Crippen LogP contribution in [0.4, 0.5) is 0 Å². The van der Waals surface area contributed by atoms with Gasteiger partial charge in [0.05, 0.1) is 12.6 Å². The zero-order valence-corrected chi connectivity index (χ0v) is 12.1. The van der Waals surface area contributed by atoms with Crippen LogP contribution in [0.5, 0.6) is 5.75 Å². The van der Waals surface area contributed by atoms with E-state index in [4.69, 9.17) is 14.2 Å². The second-order valence-electron chi connectivity index (χ2n) is 4.98. The molecule has 1 heterocycles. The molecule has 1 aliphatic rings. The van der Waals surface area contributed by atoms with E-state index in [-0.39, 0.29) is 18.4 Å². The molecule has 0 saturated heterocycles. The summed E-state index contributed by atoms with van der Waals surface area (Å²) in [5.41, 5.74) is 2.57. The van der Waals surface area contributed by atoms with Crippen molar-refractivity contribution in [1.29, 1.82) is 0 Å². The second kappa shape index (κ2) is 6.37. The fraction of sp³-hybridized carbons (Fsp3) is 0.600. The van der Waals surface area contributed by atoms with E-state index in [1.54, 1.807) is 14.2 Å². The Morgan fingerprint density at radius 3 is 2.63 bits per heavy atom. The lowest BCUT2D eigenvalue weighted by Crippen LogP contribution is -2.40. The molecule has 0 radical (unpaired) electrons. The molecule has 1 aromatic rings. The summed E-state index contributed by atoms with van der Waals surface area (Å²) < 4.78 is 16.1. The Balaban J connectivity index is 2.01. The molecule has 106 valence electrons. The number of benzene rings is 1. The highest BCUT2D eigenvalue weighted by Gasteiger charge is 2.20. The maximum absolute atomic E-state index is 5.53. The van der Waals surface area contributed by atoms with E-state index < -0.39 is 0 Å². The lowest BCUT2D eigenvalue weighted by molar-refractivity contribution is -0.120. The molecule has 1 aromatic carbocycles. The van der Waals surface area contributed by atoms with Crippen LogP contribution in [0.15, 0.2) is 18.2 Å². The number of nitrogens with one attached hydrogen (secondary N) is 1. The molecule has 4 nitrogen and oxygen atoms in total. The number of fused-ring (bicyclic) bond motifs is 1. The highest BCUT2D eigenvalue weighted by molar-refractivity contribution is 5.40. The summed E-state index contributed by atoms with van der Waals surface area (Å²) in [5.74, 6) is 1.02. The van der Waals surface area contributed by atoms with Crippen LogP contribution >= 0.6 is 0 Å². The van der Waals surface area contributed by atoms with Gasteiger partial charge >= 0.3 is 0 Å². The van der Waals surface area contributed by atoms with Crippen LogP contribution in [0.1, 0.15) is 31.0 Å². The molecule has 0 aliphatic carbocycles. The van der Waals surface area contributed by atoms with Crippen LogP contribution < -0.4 is 10.1 Å². The Morgan fingerprint density at radius 1 is 1.21 bits per heavy atom. The first-order chi connectivity index (χ1) is 9.15. The van der Waals surface area contributed by atoms with Gasteiger partial charge < -0.3 is 19.5 Å². The second-order valence-corrected chi connectivity index (χ2v) is 4.98. The van der Waals surface area contributed by atoms with Crippen molar-refractivity contribution in [2.75, 3.05) is 20.8 Å². The largest absolute Gasteiger partial charge is 0.493 e. The standard InChI is InChI=1S/C15H23NO3/c1-10(16-11(2)15(17-3)18-4)12-5-6-14-13(9-12)7-8-19-14/h5-6,9-11,15-16H,7-8H2,1-4H3. The van der Waals surface area contributed by atoms with Crippen molar-refractivity contribution in [3.63, 3.8) is 0 Å². The van der Waals surface area contributed by atoms with Gasteiger partial charge in [-0.1, -0.05) is 12.1 Å². The van der Waals surface area contributed by atoms with Crippen LogP contribution in [0.3, 0.4) is 0 Å². The maximum atomic E-state index is 5.53. The maximum Gasteiger partial charge on any atom is 0.171 e. The van der Waals surface area contributed by atoms with Crippen molar-refractivity contribution in [2.24, 2.45) is 0 Å². The SMILES string of the molecule is COC(OC)C(C)NC(C)c1ccc2c(c1)CCO2. The molecule has 0 aromatic heterocycles. The van der Waals surface area contributed by atoms with Crippen molar-refractivity contribution >= 4 is 0 Å². The van der Waals surface area contributed by atoms with Gasteiger partial charge in [0, 0.05) is 26.7 Å². The van der Waals surface area contributed by atoms with Gasteiger partial charge in [-0.3, -0.25) is 0 Å². The van der Waals surface area contributed by atoms with E-state index >= 15 is 0 Å². The fourth-order valence-electron chi connectivity index (χ4n) is 2.55. The predicted molar refractivity (Wildman–Crippen MR) is 74.5 cm³/mol. The highest BCUT2D eigenvalue weighted by Crippen LogP contribution is 2.28. The lowest BCUT2D eigenvalue weighted by atomic mass is 10.0. The van der Waals surface area contributed by atoms with Crippen LogP contribution in [0.25, 0.3) is 0 Å². The van der Waals surface area contributed by atoms with Crippen LogP contribution in [0.2, 0.25) is 0 Å². The Morgan fingerprint density at radius 2 is 1.95 bits per heavy atom. The molecule has 2 rings (SSSR count). The Labute approximate surface area is 115 Å². The van der Waals surface area contributed by atoms with Crippen LogP contribution in [-0.2, 0) is 15.9 Å². The first-order valence-corrected chi connectivity index (χ1v) is 6.73. The number of methoxy groups -OCH3 is 2. The summed E-state index contributed by atoms with van der Waals surface area (Å²) >= 11 is 0. The summed E-state index contributed by atoms with van der Waals surface area (Å²) in [6.45, 7) is 5.01. The molecule has 0 spiro atoms. The van der Waals surface area contributed by atoms with Crippen molar-refractivity contribution in [1.82, 2.24) is 5.32 Å². The number of ether oxygens (including phenoxy) is 3. The number of hydrogen-bond donors (Lipinski definition) is 1. The van der Waals surface area contributed by atoms with Crippen LogP contribution in [-0.4, -0.2) is 33.2 Å². The van der Waals surface area contributed by atoms with Gasteiger partial charge in [-0.25, -0.2) is 0 Å². The molecule has 0 fully saturated rings. The Bertz CT molecular complexity index is 418. The summed E-state index contributed by atoms with van der Waals surface area (Å²) in [5, 5.41) is 3.50. The first kappa shape index (κ1) is 14.3. The molecule has 1 aliphatic heterocycles. The van der Waals surface area contributed by atoms with Gasteiger partial charge in [0.1, 0.15) is 5.75 Å². The molecule has 4 heteroatoms. The first-order valence-electron chi connectivity index (χ1n) is 6.73. The summed E-state index contributed by atoms with van der Waals surface area (Å²) in [6, 6.07) is 6.76. The van der Waals surface area contributed by atoms with Crippen LogP contribution in [0, 0.1) is 0 Å². The number of rotatable bonds is 6. The monoisotopic (exact) mass is 265 g/mol. The van der Waals surface area contributed by atoms with Crippen molar-refractivity contribution in [3.05, 3.63) is 29.3 Å². The van der Waals surface area contributed by atoms with Gasteiger partial charge in [-0.2, -0.15) is 0 Å². The van der Waals surface area contributed by atoms with E-state index in [1.807, 2.05) is 0 Å². The normalized spacial score (nSPS) is 17.1. The van der Waals surface area contributed by atoms with Gasteiger partial charge in [-0.15, -0.1) is 0 Å². The third-order valence-corrected chi connectivity index (χ3v) is 3.60. The minimum absolute atomic E-state index is 0.120. The molecule has 0 bridgehead atoms. The predicted octanol–water partition coefficient (Wildman–Crippen LogP) is 2.28. The smallest absolute Gasteiger partial charge is 0.171 e. The number of hydrogen-bond acceptors (Lipinski definition) is 4. The van der Waals surface area contributed by atoms with Crippen molar-refractivity contribution in [3.8, 4) is 5.75 Å². The summed E-state index contributed by atoms with van der Waals surface area (Å²) in [7, 11) is 3.31. The van der Waals surface area contributed by atoms with Gasteiger partial charge in [0.25, 0.3) is 0 Å². The molecular weight excluding hydrogens is 242 g/mol. The quantitative estimate of drug-likeness (QED) is 0.801. The topological polar surface area (TPSA) is 39.7 Å². The molecule has 0 saturated carbocycles. The van der Waals surface area contributed by atoms with Gasteiger partial charge in [0.15, 0.2) is 6.29 Å². The van der Waals surface area contributed by atoms with E-state index in [1.165, 1.54) is 11.1 Å². The lowest BCUT2D eigenvalue weighted by Gasteiger charge is -2.26. The zero-order valence-electron chi connectivity index (χ0n) is 12.1. The van der Waals surface area contributed by atoms with Crippen molar-refractivity contribution < 1.29 is 14.2 Å². The summed E-state index contributed by atoms with van der Waals surface area (Å²) in [6.07, 6.45) is 0.768. The summed E-state index contributed by atoms with van der Waals surface area (Å²) in [4.78, 5) is 0. The van der Waals surface area contributed by atoms with E-state index in [0.717, 1.165) is 18.8 Å². The highest BCUT2D eigenvalue weighted by atomic mass is 16.7. The molecule has 2 atom stereocenters. The molecule has 2 unspecified atom stereocenters. The molecule has 1 N–H and O–H groups in total. The van der Waals surface area contributed by atoms with Gasteiger partial charge in [0.2, 0.25) is 0 Å². The molecular formula is C15H23NO3. The minimum atomic E-state index is -0.236. The van der Waals surface area contributed by atoms with Gasteiger partial charge in [-0.05, 0) is 31.0 Å².